The lowest BCUT2D eigenvalue weighted by Gasteiger charge is -2.04. The number of nitrogens with one attached hydrogen (secondary N) is 1. The molecule has 5 nitrogen and oxygen atoms in total. The Morgan fingerprint density at radius 3 is 2.79 bits per heavy atom. The fourth-order valence-electron chi connectivity index (χ4n) is 1.47. The van der Waals surface area contributed by atoms with Gasteiger partial charge in [-0.05, 0) is 34.5 Å². The van der Waals surface area contributed by atoms with Crippen LogP contribution in [0, 0.1) is 15.9 Å². The van der Waals surface area contributed by atoms with E-state index in [-0.39, 0.29) is 5.56 Å². The lowest BCUT2D eigenvalue weighted by molar-refractivity contribution is -0.387. The standard InChI is InChI=1S/C12H9FN2O3S/c13-10-5-9(1-2-11(10)15(17)18)12(16)14-6-8-3-4-19-7-8/h1-5,7H,6H2,(H,14,16). The number of carbonyl (C=O) groups is 1. The summed E-state index contributed by atoms with van der Waals surface area (Å²) in [5.74, 6) is -1.49. The van der Waals surface area contributed by atoms with Gasteiger partial charge >= 0.3 is 5.69 Å². The van der Waals surface area contributed by atoms with E-state index in [4.69, 9.17) is 0 Å². The predicted molar refractivity (Wildman–Crippen MR) is 68.5 cm³/mol. The van der Waals surface area contributed by atoms with Gasteiger partial charge in [0, 0.05) is 18.2 Å². The first-order valence-electron chi connectivity index (χ1n) is 5.31. The quantitative estimate of drug-likeness (QED) is 0.691. The van der Waals surface area contributed by atoms with Crippen LogP contribution in [0.4, 0.5) is 10.1 Å². The highest BCUT2D eigenvalue weighted by Gasteiger charge is 2.16. The molecule has 0 unspecified atom stereocenters. The van der Waals surface area contributed by atoms with Crippen LogP contribution in [0.2, 0.25) is 0 Å². The van der Waals surface area contributed by atoms with Crippen LogP contribution in [-0.2, 0) is 6.54 Å². The Labute approximate surface area is 111 Å². The highest BCUT2D eigenvalue weighted by atomic mass is 32.1. The zero-order chi connectivity index (χ0) is 13.8. The first kappa shape index (κ1) is 13.2. The summed E-state index contributed by atoms with van der Waals surface area (Å²) < 4.78 is 13.4. The summed E-state index contributed by atoms with van der Waals surface area (Å²) in [5.41, 5.74) is 0.355. The van der Waals surface area contributed by atoms with Gasteiger partial charge in [-0.2, -0.15) is 15.7 Å². The fraction of sp³-hybridized carbons (Fsp3) is 0.0833. The summed E-state index contributed by atoms with van der Waals surface area (Å²) in [5, 5.41) is 16.8. The number of nitro benzene ring substituents is 1. The summed E-state index contributed by atoms with van der Waals surface area (Å²) in [7, 11) is 0. The maximum Gasteiger partial charge on any atom is 0.304 e. The number of carbonyl (C=O) groups excluding carboxylic acids is 1. The summed E-state index contributed by atoms with van der Waals surface area (Å²) in [6.07, 6.45) is 0. The normalized spacial score (nSPS) is 10.2. The highest BCUT2D eigenvalue weighted by Crippen LogP contribution is 2.18. The van der Waals surface area contributed by atoms with E-state index in [9.17, 15) is 19.3 Å². The minimum Gasteiger partial charge on any atom is -0.348 e. The molecule has 0 aliphatic carbocycles. The van der Waals surface area contributed by atoms with E-state index in [0.717, 1.165) is 17.7 Å². The smallest absolute Gasteiger partial charge is 0.304 e. The molecule has 0 aliphatic rings. The van der Waals surface area contributed by atoms with E-state index < -0.39 is 22.3 Å². The van der Waals surface area contributed by atoms with E-state index in [1.54, 1.807) is 0 Å². The average molecular weight is 280 g/mol. The number of nitrogens with zero attached hydrogens (tertiary/aromatic N) is 1. The number of halogens is 1. The van der Waals surface area contributed by atoms with Gasteiger partial charge in [0.2, 0.25) is 5.82 Å². The van der Waals surface area contributed by atoms with E-state index in [2.05, 4.69) is 5.32 Å². The monoisotopic (exact) mass is 280 g/mol. The third kappa shape index (κ3) is 3.14. The van der Waals surface area contributed by atoms with Crippen LogP contribution in [0.5, 0.6) is 0 Å². The minimum atomic E-state index is -1.02. The number of nitro groups is 1. The van der Waals surface area contributed by atoms with Gasteiger partial charge in [0.25, 0.3) is 5.91 Å². The van der Waals surface area contributed by atoms with E-state index in [1.807, 2.05) is 16.8 Å². The van der Waals surface area contributed by atoms with Crippen molar-refractivity contribution in [3.05, 3.63) is 62.1 Å². The third-order valence-electron chi connectivity index (χ3n) is 2.44. The molecule has 2 aromatic rings. The van der Waals surface area contributed by atoms with Crippen LogP contribution in [0.1, 0.15) is 15.9 Å². The van der Waals surface area contributed by atoms with E-state index >= 15 is 0 Å². The van der Waals surface area contributed by atoms with Crippen molar-refractivity contribution in [2.45, 2.75) is 6.54 Å². The van der Waals surface area contributed by atoms with Gasteiger partial charge in [-0.15, -0.1) is 0 Å². The molecule has 0 saturated carbocycles. The Morgan fingerprint density at radius 2 is 2.21 bits per heavy atom. The number of benzene rings is 1. The van der Waals surface area contributed by atoms with Crippen molar-refractivity contribution in [3.8, 4) is 0 Å². The molecular formula is C12H9FN2O3S. The zero-order valence-electron chi connectivity index (χ0n) is 9.63. The van der Waals surface area contributed by atoms with Crippen molar-refractivity contribution in [3.63, 3.8) is 0 Å². The van der Waals surface area contributed by atoms with Crippen molar-refractivity contribution in [2.75, 3.05) is 0 Å². The fourth-order valence-corrected chi connectivity index (χ4v) is 2.14. The van der Waals surface area contributed by atoms with Crippen LogP contribution in [0.15, 0.2) is 35.0 Å². The summed E-state index contributed by atoms with van der Waals surface area (Å²) >= 11 is 1.51. The lowest BCUT2D eigenvalue weighted by Crippen LogP contribution is -2.22. The zero-order valence-corrected chi connectivity index (χ0v) is 10.4. The van der Waals surface area contributed by atoms with Crippen LogP contribution >= 0.6 is 11.3 Å². The van der Waals surface area contributed by atoms with Crippen LogP contribution in [0.25, 0.3) is 0 Å². The Hall–Kier alpha value is -2.28. The molecular weight excluding hydrogens is 271 g/mol. The first-order valence-corrected chi connectivity index (χ1v) is 6.25. The Kier molecular flexibility index (Phi) is 3.86. The van der Waals surface area contributed by atoms with Crippen LogP contribution < -0.4 is 5.32 Å². The summed E-state index contributed by atoms with van der Waals surface area (Å²) in [6.45, 7) is 0.334. The third-order valence-corrected chi connectivity index (χ3v) is 3.17. The van der Waals surface area contributed by atoms with Gasteiger partial charge in [-0.25, -0.2) is 0 Å². The second-order valence-electron chi connectivity index (χ2n) is 3.74. The lowest BCUT2D eigenvalue weighted by atomic mass is 10.2. The second-order valence-corrected chi connectivity index (χ2v) is 4.52. The molecule has 98 valence electrons. The van der Waals surface area contributed by atoms with Crippen molar-refractivity contribution >= 4 is 22.9 Å². The molecule has 2 rings (SSSR count). The number of hydrogen-bond donors (Lipinski definition) is 1. The van der Waals surface area contributed by atoms with Gasteiger partial charge in [0.15, 0.2) is 0 Å². The number of thiophene rings is 1. The maximum absolute atomic E-state index is 13.4. The molecule has 1 aromatic heterocycles. The molecule has 19 heavy (non-hydrogen) atoms. The Bertz CT molecular complexity index is 613. The molecule has 1 aromatic carbocycles. The molecule has 0 bridgehead atoms. The molecule has 0 aliphatic heterocycles. The van der Waals surface area contributed by atoms with E-state index in [0.29, 0.717) is 6.54 Å². The molecule has 0 saturated heterocycles. The Balaban J connectivity index is 2.07. The van der Waals surface area contributed by atoms with Gasteiger partial charge in [0.1, 0.15) is 0 Å². The van der Waals surface area contributed by atoms with Gasteiger partial charge in [0.05, 0.1) is 4.92 Å². The topological polar surface area (TPSA) is 72.2 Å². The molecule has 0 fully saturated rings. The summed E-state index contributed by atoms with van der Waals surface area (Å²) in [6, 6.07) is 4.93. The summed E-state index contributed by atoms with van der Waals surface area (Å²) in [4.78, 5) is 21.3. The van der Waals surface area contributed by atoms with Crippen molar-refractivity contribution in [2.24, 2.45) is 0 Å². The molecule has 1 heterocycles. The Morgan fingerprint density at radius 1 is 1.42 bits per heavy atom. The molecule has 0 spiro atoms. The van der Waals surface area contributed by atoms with Gasteiger partial charge in [-0.1, -0.05) is 0 Å². The highest BCUT2D eigenvalue weighted by molar-refractivity contribution is 7.07. The number of hydrogen-bond acceptors (Lipinski definition) is 4. The van der Waals surface area contributed by atoms with Gasteiger partial charge < -0.3 is 5.32 Å². The second kappa shape index (κ2) is 5.57. The van der Waals surface area contributed by atoms with E-state index in [1.165, 1.54) is 17.4 Å². The average Bonchev–Trinajstić information content (AvgIpc) is 2.88. The SMILES string of the molecule is O=C(NCc1ccsc1)c1ccc([N+](=O)[O-])c(F)c1. The molecule has 0 radical (unpaired) electrons. The van der Waals surface area contributed by atoms with Crippen molar-refractivity contribution in [1.29, 1.82) is 0 Å². The van der Waals surface area contributed by atoms with Crippen molar-refractivity contribution < 1.29 is 14.1 Å². The molecule has 7 heteroatoms. The van der Waals surface area contributed by atoms with Crippen LogP contribution in [-0.4, -0.2) is 10.8 Å². The minimum absolute atomic E-state index is 0.0540. The largest absolute Gasteiger partial charge is 0.348 e. The van der Waals surface area contributed by atoms with Crippen LogP contribution in [0.3, 0.4) is 0 Å². The van der Waals surface area contributed by atoms with Gasteiger partial charge in [-0.3, -0.25) is 14.9 Å². The molecule has 1 amide bonds. The predicted octanol–water partition coefficient (Wildman–Crippen LogP) is 2.73. The molecule has 1 N–H and O–H groups in total. The first-order chi connectivity index (χ1) is 9.08. The maximum atomic E-state index is 13.4. The number of rotatable bonds is 4. The molecule has 0 atom stereocenters. The number of amides is 1. The van der Waals surface area contributed by atoms with Crippen molar-refractivity contribution in [1.82, 2.24) is 5.32 Å².